The quantitative estimate of drug-likeness (QED) is 0.129. The molecule has 0 radical (unpaired) electrons. The molecular formula is C46H28Cl4F2O4S. The fraction of sp³-hybridized carbons (Fsp3) is 0.0870. The van der Waals surface area contributed by atoms with Crippen LogP contribution in [-0.2, 0) is 9.47 Å². The number of Topliss-reactive ketones (excluding diaryl/α,β-unsaturated/α-hetero) is 2. The van der Waals surface area contributed by atoms with E-state index in [1.807, 2.05) is 0 Å². The van der Waals surface area contributed by atoms with Gasteiger partial charge in [-0.2, -0.15) is 0 Å². The molecule has 4 atom stereocenters. The Morgan fingerprint density at radius 1 is 0.439 bits per heavy atom. The molecule has 6 aromatic rings. The molecule has 0 spiro atoms. The molecule has 0 saturated heterocycles. The molecule has 0 unspecified atom stereocenters. The number of halogens is 6. The molecule has 0 aromatic heterocycles. The number of carbonyl (C=O) groups excluding carboxylic acids is 2. The Balaban J connectivity index is 1.35. The summed E-state index contributed by atoms with van der Waals surface area (Å²) in [4.78, 5) is 30.3. The smallest absolute Gasteiger partial charge is 0.204 e. The minimum absolute atomic E-state index is 0.330. The van der Waals surface area contributed by atoms with E-state index < -0.39 is 35.7 Å². The summed E-state index contributed by atoms with van der Waals surface area (Å²) in [5.74, 6) is -2.35. The van der Waals surface area contributed by atoms with Gasteiger partial charge in [0.05, 0.1) is 11.8 Å². The molecule has 0 fully saturated rings. The van der Waals surface area contributed by atoms with E-state index >= 15 is 0 Å². The maximum absolute atomic E-state index is 14.5. The first kappa shape index (κ1) is 39.0. The van der Waals surface area contributed by atoms with Crippen LogP contribution in [0.3, 0.4) is 0 Å². The largest absolute Gasteiger partial charge is 0.480 e. The van der Waals surface area contributed by atoms with Crippen molar-refractivity contribution in [2.45, 2.75) is 24.0 Å². The molecule has 0 aliphatic carbocycles. The number of hydrogen-bond donors (Lipinski definition) is 0. The zero-order valence-corrected chi connectivity index (χ0v) is 33.3. The molecule has 0 amide bonds. The monoisotopic (exact) mass is 854 g/mol. The lowest BCUT2D eigenvalue weighted by Gasteiger charge is -2.23. The Labute approximate surface area is 351 Å². The van der Waals surface area contributed by atoms with Crippen LogP contribution in [0.15, 0.2) is 155 Å². The minimum atomic E-state index is -1.11. The molecule has 0 N–H and O–H groups in total. The zero-order chi connectivity index (χ0) is 39.8. The van der Waals surface area contributed by atoms with Crippen LogP contribution in [0, 0.1) is 11.6 Å². The second kappa shape index (κ2) is 16.5. The molecule has 6 aromatic carbocycles. The third-order valence-corrected chi connectivity index (χ3v) is 12.1. The lowest BCUT2D eigenvalue weighted by Crippen LogP contribution is -2.28. The van der Waals surface area contributed by atoms with E-state index in [2.05, 4.69) is 0 Å². The van der Waals surface area contributed by atoms with Crippen LogP contribution in [0.4, 0.5) is 8.78 Å². The van der Waals surface area contributed by atoms with Gasteiger partial charge in [-0.25, -0.2) is 8.78 Å². The maximum Gasteiger partial charge on any atom is 0.204 e. The molecule has 8 rings (SSSR count). The Morgan fingerprint density at radius 3 is 1.05 bits per heavy atom. The van der Waals surface area contributed by atoms with Crippen LogP contribution in [0.25, 0.3) is 11.5 Å². The first-order chi connectivity index (χ1) is 27.5. The Morgan fingerprint density at radius 2 is 0.737 bits per heavy atom. The summed E-state index contributed by atoms with van der Waals surface area (Å²) in [5.41, 5.74) is 3.19. The van der Waals surface area contributed by atoms with Crippen LogP contribution in [-0.4, -0.2) is 23.8 Å². The molecular weight excluding hydrogens is 828 g/mol. The normalized spacial score (nSPS) is 19.1. The third kappa shape index (κ3) is 8.13. The SMILES string of the molecule is O=C(c1ccc(Cl)cc1)[C@H]1OC(c2ccc(Cl)cc2)=C(SC2=C(c3ccc(Cl)cc3)O[C@H](C(=O)c3ccc(Cl)cc3)[C@H]2c2ccc(F)cc2)[C@@H]1c1ccc(F)cc1. The highest BCUT2D eigenvalue weighted by atomic mass is 35.5. The number of ketones is 2. The average molecular weight is 857 g/mol. The van der Waals surface area contributed by atoms with Crippen LogP contribution >= 0.6 is 58.2 Å². The van der Waals surface area contributed by atoms with Gasteiger partial charge in [-0.1, -0.05) is 82.4 Å². The molecule has 2 aliphatic rings. The van der Waals surface area contributed by atoms with E-state index in [-0.39, 0.29) is 11.6 Å². The number of thioether (sulfide) groups is 1. The standard InChI is InChI=1S/C46H28Cl4F2O4S/c47-31-13-1-27(2-14-31)39(53)43-37(25-9-21-35(51)22-10-25)45(41(55-43)29-5-17-33(49)18-6-29)57-46-38(26-11-23-36(52)24-12-26)44(40(54)28-3-15-32(48)16-4-28)56-42(46)30-7-19-34(50)20-8-30/h1-24,37-38,43-44H/t37-,38-,43+,44+/m1/s1. The first-order valence-corrected chi connectivity index (χ1v) is 20.0. The van der Waals surface area contributed by atoms with Gasteiger partial charge in [0.2, 0.25) is 11.6 Å². The Hall–Kier alpha value is -4.89. The van der Waals surface area contributed by atoms with Gasteiger partial charge >= 0.3 is 0 Å². The highest BCUT2D eigenvalue weighted by Crippen LogP contribution is 2.58. The maximum atomic E-state index is 14.5. The fourth-order valence-corrected chi connectivity index (χ4v) is 9.02. The molecule has 57 heavy (non-hydrogen) atoms. The van der Waals surface area contributed by atoms with Crippen molar-refractivity contribution in [3.8, 4) is 0 Å². The van der Waals surface area contributed by atoms with E-state index in [9.17, 15) is 18.4 Å². The number of ether oxygens (including phenoxy) is 2. The number of rotatable bonds is 10. The second-order valence-electron chi connectivity index (χ2n) is 13.4. The number of carbonyl (C=O) groups is 2. The van der Waals surface area contributed by atoms with E-state index in [0.717, 1.165) is 0 Å². The van der Waals surface area contributed by atoms with E-state index in [1.165, 1.54) is 36.0 Å². The molecule has 284 valence electrons. The van der Waals surface area contributed by atoms with Gasteiger partial charge in [-0.3, -0.25) is 9.59 Å². The summed E-state index contributed by atoms with van der Waals surface area (Å²) in [7, 11) is 0. The van der Waals surface area contributed by atoms with Crippen molar-refractivity contribution in [2.75, 3.05) is 0 Å². The molecule has 0 bridgehead atoms. The van der Waals surface area contributed by atoms with Crippen LogP contribution in [0.5, 0.6) is 0 Å². The number of hydrogen-bond acceptors (Lipinski definition) is 5. The van der Waals surface area contributed by atoms with Gasteiger partial charge in [-0.15, -0.1) is 0 Å². The van der Waals surface area contributed by atoms with E-state index in [0.29, 0.717) is 74.8 Å². The molecule has 0 saturated carbocycles. The van der Waals surface area contributed by atoms with Crippen molar-refractivity contribution in [3.63, 3.8) is 0 Å². The van der Waals surface area contributed by atoms with E-state index in [1.54, 1.807) is 121 Å². The van der Waals surface area contributed by atoms with Gasteiger partial charge < -0.3 is 9.47 Å². The topological polar surface area (TPSA) is 52.6 Å². The summed E-state index contributed by atoms with van der Waals surface area (Å²) >= 11 is 26.4. The van der Waals surface area contributed by atoms with Gasteiger partial charge in [0.1, 0.15) is 23.2 Å². The molecule has 2 heterocycles. The van der Waals surface area contributed by atoms with Gasteiger partial charge in [0, 0.05) is 52.2 Å². The highest BCUT2D eigenvalue weighted by Gasteiger charge is 2.48. The van der Waals surface area contributed by atoms with Crippen molar-refractivity contribution in [1.82, 2.24) is 0 Å². The summed E-state index contributed by atoms with van der Waals surface area (Å²) in [6.45, 7) is 0. The first-order valence-electron chi connectivity index (χ1n) is 17.7. The van der Waals surface area contributed by atoms with E-state index in [4.69, 9.17) is 55.9 Å². The fourth-order valence-electron chi connectivity index (χ4n) is 6.98. The lowest BCUT2D eigenvalue weighted by molar-refractivity contribution is 0.0750. The van der Waals surface area contributed by atoms with Crippen molar-refractivity contribution in [2.24, 2.45) is 0 Å². The van der Waals surface area contributed by atoms with Crippen LogP contribution in [0.2, 0.25) is 20.1 Å². The Bertz CT molecular complexity index is 2350. The predicted molar refractivity (Wildman–Crippen MR) is 224 cm³/mol. The Kier molecular flexibility index (Phi) is 11.3. The summed E-state index contributed by atoms with van der Waals surface area (Å²) in [6, 6.07) is 38.9. The number of benzene rings is 6. The average Bonchev–Trinajstić information content (AvgIpc) is 3.78. The van der Waals surface area contributed by atoms with Crippen molar-refractivity contribution in [3.05, 3.63) is 221 Å². The van der Waals surface area contributed by atoms with Crippen molar-refractivity contribution >= 4 is 81.3 Å². The van der Waals surface area contributed by atoms with Crippen molar-refractivity contribution < 1.29 is 27.8 Å². The molecule has 2 aliphatic heterocycles. The van der Waals surface area contributed by atoms with Gasteiger partial charge in [0.25, 0.3) is 0 Å². The van der Waals surface area contributed by atoms with Crippen LogP contribution < -0.4 is 0 Å². The predicted octanol–water partition coefficient (Wildman–Crippen LogP) is 13.5. The summed E-state index contributed by atoms with van der Waals surface area (Å²) in [5, 5.41) is 1.91. The van der Waals surface area contributed by atoms with Gasteiger partial charge in [0.15, 0.2) is 12.2 Å². The third-order valence-electron chi connectivity index (χ3n) is 9.77. The van der Waals surface area contributed by atoms with Gasteiger partial charge in [-0.05, 0) is 132 Å². The highest BCUT2D eigenvalue weighted by molar-refractivity contribution is 8.07. The summed E-state index contributed by atoms with van der Waals surface area (Å²) in [6.07, 6.45) is -2.22. The summed E-state index contributed by atoms with van der Waals surface area (Å²) < 4.78 is 42.5. The minimum Gasteiger partial charge on any atom is -0.480 e. The van der Waals surface area contributed by atoms with Crippen LogP contribution in [0.1, 0.15) is 54.8 Å². The van der Waals surface area contributed by atoms with Crippen molar-refractivity contribution in [1.29, 1.82) is 0 Å². The molecule has 4 nitrogen and oxygen atoms in total. The second-order valence-corrected chi connectivity index (χ2v) is 16.2. The zero-order valence-electron chi connectivity index (χ0n) is 29.5. The molecule has 11 heteroatoms. The lowest BCUT2D eigenvalue weighted by atomic mass is 9.88.